The zero-order valence-electron chi connectivity index (χ0n) is 48.4. The van der Waals surface area contributed by atoms with Crippen molar-refractivity contribution in [3.05, 3.63) is 36.5 Å². The maximum absolute atomic E-state index is 12.5. The molecule has 2 unspecified atom stereocenters. The van der Waals surface area contributed by atoms with Gasteiger partial charge in [0.25, 0.3) is 0 Å². The van der Waals surface area contributed by atoms with Crippen LogP contribution in [0.25, 0.3) is 0 Å². The van der Waals surface area contributed by atoms with Gasteiger partial charge < -0.3 is 20.3 Å². The first-order valence-electron chi connectivity index (χ1n) is 32.3. The average molecular weight is 1010 g/mol. The first kappa shape index (κ1) is 70.1. The summed E-state index contributed by atoms with van der Waals surface area (Å²) in [5, 5.41) is 23.2. The van der Waals surface area contributed by atoms with Crippen molar-refractivity contribution < 1.29 is 24.5 Å². The van der Waals surface area contributed by atoms with Crippen LogP contribution in [0.15, 0.2) is 36.5 Å². The number of aliphatic hydroxyl groups excluding tert-OH is 2. The highest BCUT2D eigenvalue weighted by Gasteiger charge is 2.18. The number of hydrogen-bond donors (Lipinski definition) is 3. The topological polar surface area (TPSA) is 95.9 Å². The molecule has 6 nitrogen and oxygen atoms in total. The fourth-order valence-electron chi connectivity index (χ4n) is 9.91. The van der Waals surface area contributed by atoms with E-state index in [1.807, 2.05) is 6.08 Å². The third kappa shape index (κ3) is 57.4. The Morgan fingerprint density at radius 1 is 0.375 bits per heavy atom. The zero-order valence-corrected chi connectivity index (χ0v) is 48.4. The molecule has 3 N–H and O–H groups in total. The highest BCUT2D eigenvalue weighted by molar-refractivity contribution is 5.76. The van der Waals surface area contributed by atoms with Gasteiger partial charge in [0, 0.05) is 12.8 Å². The van der Waals surface area contributed by atoms with Gasteiger partial charge in [-0.15, -0.1) is 0 Å². The molecule has 0 aliphatic heterocycles. The van der Waals surface area contributed by atoms with Crippen LogP contribution in [-0.2, 0) is 14.3 Å². The van der Waals surface area contributed by atoms with Gasteiger partial charge in [-0.2, -0.15) is 0 Å². The maximum atomic E-state index is 12.5. The normalized spacial score (nSPS) is 12.8. The Morgan fingerprint density at radius 3 is 1.03 bits per heavy atom. The van der Waals surface area contributed by atoms with E-state index in [4.69, 9.17) is 4.74 Å². The maximum Gasteiger partial charge on any atom is 0.305 e. The van der Waals surface area contributed by atoms with Gasteiger partial charge in [0.05, 0.1) is 25.4 Å². The quantitative estimate of drug-likeness (QED) is 0.0320. The van der Waals surface area contributed by atoms with Crippen LogP contribution in [0.3, 0.4) is 0 Å². The second-order valence-corrected chi connectivity index (χ2v) is 22.1. The van der Waals surface area contributed by atoms with Crippen molar-refractivity contribution in [1.82, 2.24) is 5.32 Å². The molecular formula is C66H125NO5. The van der Waals surface area contributed by atoms with Crippen molar-refractivity contribution in [2.45, 2.75) is 360 Å². The molecule has 0 aliphatic carbocycles. The summed E-state index contributed by atoms with van der Waals surface area (Å²) >= 11 is 0. The lowest BCUT2D eigenvalue weighted by atomic mass is 10.0. The van der Waals surface area contributed by atoms with Crippen molar-refractivity contribution in [3.63, 3.8) is 0 Å². The lowest BCUT2D eigenvalue weighted by molar-refractivity contribution is -0.143. The molecule has 0 saturated heterocycles. The molecule has 2 atom stereocenters. The fourth-order valence-corrected chi connectivity index (χ4v) is 9.91. The summed E-state index contributed by atoms with van der Waals surface area (Å²) < 4.78 is 5.46. The highest BCUT2D eigenvalue weighted by atomic mass is 16.5. The van der Waals surface area contributed by atoms with Crippen LogP contribution in [0, 0.1) is 0 Å². The van der Waals surface area contributed by atoms with Crippen LogP contribution >= 0.6 is 0 Å². The third-order valence-corrected chi connectivity index (χ3v) is 14.9. The number of allylic oxidation sites excluding steroid dienone is 5. The number of hydrogen-bond acceptors (Lipinski definition) is 5. The van der Waals surface area contributed by atoms with E-state index in [2.05, 4.69) is 43.5 Å². The van der Waals surface area contributed by atoms with E-state index in [1.165, 1.54) is 276 Å². The number of carbonyl (C=O) groups excluding carboxylic acids is 2. The minimum atomic E-state index is -0.847. The predicted octanol–water partition coefficient (Wildman–Crippen LogP) is 20.4. The number of unbranched alkanes of at least 4 members (excludes halogenated alkanes) is 45. The monoisotopic (exact) mass is 1010 g/mol. The highest BCUT2D eigenvalue weighted by Crippen LogP contribution is 2.17. The second kappa shape index (κ2) is 61.6. The summed E-state index contributed by atoms with van der Waals surface area (Å²) in [6.45, 7) is 4.88. The molecule has 72 heavy (non-hydrogen) atoms. The Kier molecular flexibility index (Phi) is 60.0. The Balaban J connectivity index is 3.44. The van der Waals surface area contributed by atoms with Crippen LogP contribution in [0.5, 0.6) is 0 Å². The lowest BCUT2D eigenvalue weighted by Crippen LogP contribution is -2.45. The zero-order chi connectivity index (χ0) is 52.2. The molecule has 0 heterocycles. The van der Waals surface area contributed by atoms with E-state index in [0.29, 0.717) is 19.4 Å². The molecule has 0 saturated carbocycles. The van der Waals surface area contributed by atoms with Crippen LogP contribution < -0.4 is 5.32 Å². The number of nitrogens with one attached hydrogen (secondary N) is 1. The number of amides is 1. The molecule has 0 rings (SSSR count). The number of rotatable bonds is 60. The standard InChI is InChI=1S/C66H125NO5/c1-3-5-7-9-11-13-15-16-17-18-26-29-32-35-39-42-46-50-54-58-64(69)63(62-68)67-65(70)59-55-51-47-43-40-36-33-30-27-24-22-20-19-21-23-25-28-31-34-37-41-45-49-53-57-61-72-66(71)60-56-52-48-44-38-14-12-10-8-6-4-2/h10,12,20,22,54,58,63-64,68-69H,3-9,11,13-19,21,23-53,55-57,59-62H2,1-2H3,(H,67,70)/b12-10-,22-20-,58-54+. The van der Waals surface area contributed by atoms with Crippen LogP contribution in [0.2, 0.25) is 0 Å². The van der Waals surface area contributed by atoms with Crippen molar-refractivity contribution in [1.29, 1.82) is 0 Å². The molecule has 0 aromatic heterocycles. The Morgan fingerprint density at radius 2 is 0.667 bits per heavy atom. The molecule has 0 bridgehead atoms. The van der Waals surface area contributed by atoms with E-state index < -0.39 is 12.1 Å². The van der Waals surface area contributed by atoms with E-state index in [1.54, 1.807) is 6.08 Å². The van der Waals surface area contributed by atoms with Gasteiger partial charge in [-0.05, 0) is 77.0 Å². The molecule has 0 aromatic carbocycles. The van der Waals surface area contributed by atoms with Crippen molar-refractivity contribution >= 4 is 11.9 Å². The predicted molar refractivity (Wildman–Crippen MR) is 315 cm³/mol. The smallest absolute Gasteiger partial charge is 0.305 e. The molecule has 0 aliphatic rings. The second-order valence-electron chi connectivity index (χ2n) is 22.1. The van der Waals surface area contributed by atoms with Crippen molar-refractivity contribution in [3.8, 4) is 0 Å². The number of carbonyl (C=O) groups is 2. The van der Waals surface area contributed by atoms with Gasteiger partial charge in [-0.1, -0.05) is 294 Å². The van der Waals surface area contributed by atoms with Gasteiger partial charge >= 0.3 is 5.97 Å². The fraction of sp³-hybridized carbons (Fsp3) is 0.879. The minimum Gasteiger partial charge on any atom is -0.466 e. The Labute approximate surface area is 449 Å². The third-order valence-electron chi connectivity index (χ3n) is 14.9. The molecule has 0 spiro atoms. The number of aliphatic hydroxyl groups is 2. The Hall–Kier alpha value is -1.92. The summed E-state index contributed by atoms with van der Waals surface area (Å²) in [6, 6.07) is -0.631. The Bertz CT molecular complexity index is 1170. The van der Waals surface area contributed by atoms with Crippen molar-refractivity contribution in [2.75, 3.05) is 13.2 Å². The first-order valence-corrected chi connectivity index (χ1v) is 32.3. The van der Waals surface area contributed by atoms with E-state index in [9.17, 15) is 19.8 Å². The molecule has 0 radical (unpaired) electrons. The van der Waals surface area contributed by atoms with Crippen molar-refractivity contribution in [2.24, 2.45) is 0 Å². The molecule has 6 heteroatoms. The average Bonchev–Trinajstić information content (AvgIpc) is 3.38. The number of esters is 1. The van der Waals surface area contributed by atoms with Gasteiger partial charge in [-0.3, -0.25) is 9.59 Å². The van der Waals surface area contributed by atoms with Crippen LogP contribution in [0.4, 0.5) is 0 Å². The lowest BCUT2D eigenvalue weighted by Gasteiger charge is -2.20. The molecule has 0 fully saturated rings. The summed E-state index contributed by atoms with van der Waals surface area (Å²) in [4.78, 5) is 24.5. The summed E-state index contributed by atoms with van der Waals surface area (Å²) in [6.07, 6.45) is 77.7. The largest absolute Gasteiger partial charge is 0.466 e. The van der Waals surface area contributed by atoms with Crippen LogP contribution in [0.1, 0.15) is 348 Å². The van der Waals surface area contributed by atoms with Gasteiger partial charge in [0.2, 0.25) is 5.91 Å². The number of ether oxygens (including phenoxy) is 1. The summed E-state index contributed by atoms with van der Waals surface area (Å²) in [7, 11) is 0. The first-order chi connectivity index (χ1) is 35.5. The van der Waals surface area contributed by atoms with E-state index in [-0.39, 0.29) is 18.5 Å². The molecular weight excluding hydrogens is 887 g/mol. The molecule has 1 amide bonds. The minimum absolute atomic E-state index is 0.00195. The van der Waals surface area contributed by atoms with Gasteiger partial charge in [0.15, 0.2) is 0 Å². The molecule has 0 aromatic rings. The van der Waals surface area contributed by atoms with Gasteiger partial charge in [-0.25, -0.2) is 0 Å². The van der Waals surface area contributed by atoms with Gasteiger partial charge in [0.1, 0.15) is 0 Å². The summed E-state index contributed by atoms with van der Waals surface area (Å²) in [5.41, 5.74) is 0. The SMILES string of the molecule is CCCC/C=C\CCCCCCCC(=O)OCCCCCCCCCCCCCC/C=C\CCCCCCCCCCCC(=O)NC(CO)C(O)/C=C/CCCCCCCCCCCCCCCCCCC. The van der Waals surface area contributed by atoms with E-state index in [0.717, 1.165) is 44.9 Å². The summed E-state index contributed by atoms with van der Waals surface area (Å²) in [5.74, 6) is -0.0667. The molecule has 424 valence electrons. The van der Waals surface area contributed by atoms with E-state index >= 15 is 0 Å². The van der Waals surface area contributed by atoms with Crippen LogP contribution in [-0.4, -0.2) is 47.4 Å².